The van der Waals surface area contributed by atoms with Gasteiger partial charge in [0.15, 0.2) is 6.10 Å². The van der Waals surface area contributed by atoms with Crippen LogP contribution in [0.2, 0.25) is 0 Å². The first-order valence-electron chi connectivity index (χ1n) is 35.7. The van der Waals surface area contributed by atoms with Gasteiger partial charge in [-0.25, -0.2) is 0 Å². The largest absolute Gasteiger partial charge is 0.462 e. The van der Waals surface area contributed by atoms with Crippen molar-refractivity contribution in [3.8, 4) is 0 Å². The summed E-state index contributed by atoms with van der Waals surface area (Å²) in [6.07, 6.45) is 95.9. The minimum Gasteiger partial charge on any atom is -0.462 e. The van der Waals surface area contributed by atoms with E-state index in [0.717, 1.165) is 128 Å². The SMILES string of the molecule is CC/C=C\C/C=C\C/C=C\C/C=C\CCCCCCCCCCCCCCCCCCCCCCCCC(=O)OCC(COC(=O)CCCCCCC/C=C\C/C=C\CCCC)OC(=O)CCCCCCC/C=C\C/C=C\CCCCCC. The highest BCUT2D eigenvalue weighted by molar-refractivity contribution is 5.71. The van der Waals surface area contributed by atoms with Crippen molar-refractivity contribution >= 4 is 17.9 Å². The smallest absolute Gasteiger partial charge is 0.306 e. The summed E-state index contributed by atoms with van der Waals surface area (Å²) in [6.45, 7) is 6.48. The molecule has 0 N–H and O–H groups in total. The zero-order valence-corrected chi connectivity index (χ0v) is 54.9. The summed E-state index contributed by atoms with van der Waals surface area (Å²) < 4.78 is 16.9. The molecule has 0 bridgehead atoms. The molecule has 1 atom stereocenters. The molecule has 0 aliphatic carbocycles. The number of esters is 3. The normalized spacial score (nSPS) is 12.7. The monoisotopic (exact) mass is 1160 g/mol. The molecule has 0 aromatic rings. The van der Waals surface area contributed by atoms with Crippen LogP contribution in [0.4, 0.5) is 0 Å². The van der Waals surface area contributed by atoms with Crippen LogP contribution in [0.25, 0.3) is 0 Å². The van der Waals surface area contributed by atoms with E-state index < -0.39 is 6.10 Å². The predicted molar refractivity (Wildman–Crippen MR) is 362 cm³/mol. The fourth-order valence-corrected chi connectivity index (χ4v) is 10.2. The van der Waals surface area contributed by atoms with Gasteiger partial charge >= 0.3 is 17.9 Å². The average Bonchev–Trinajstić information content (AvgIpc) is 3.49. The number of carbonyl (C=O) groups excluding carboxylic acids is 3. The molecule has 0 aliphatic heterocycles. The van der Waals surface area contributed by atoms with Gasteiger partial charge in [-0.05, 0) is 116 Å². The van der Waals surface area contributed by atoms with E-state index >= 15 is 0 Å². The fourth-order valence-electron chi connectivity index (χ4n) is 10.2. The molecular weight excluding hydrogens is 1020 g/mol. The molecule has 478 valence electrons. The maximum Gasteiger partial charge on any atom is 0.306 e. The molecule has 0 saturated carbocycles. The minimum absolute atomic E-state index is 0.0838. The average molecular weight is 1160 g/mol. The molecule has 6 nitrogen and oxygen atoms in total. The summed E-state index contributed by atoms with van der Waals surface area (Å²) in [4.78, 5) is 38.4. The second kappa shape index (κ2) is 70.8. The lowest BCUT2D eigenvalue weighted by molar-refractivity contribution is -0.167. The van der Waals surface area contributed by atoms with Crippen LogP contribution in [0.1, 0.15) is 355 Å². The van der Waals surface area contributed by atoms with Gasteiger partial charge in [0.25, 0.3) is 0 Å². The summed E-state index contributed by atoms with van der Waals surface area (Å²) in [5.41, 5.74) is 0. The van der Waals surface area contributed by atoms with Crippen LogP contribution in [-0.4, -0.2) is 37.2 Å². The van der Waals surface area contributed by atoms with Crippen LogP contribution in [0.15, 0.2) is 97.2 Å². The molecule has 0 aliphatic rings. The van der Waals surface area contributed by atoms with Gasteiger partial charge in [-0.2, -0.15) is 0 Å². The van der Waals surface area contributed by atoms with Crippen LogP contribution in [0.3, 0.4) is 0 Å². The van der Waals surface area contributed by atoms with Crippen LogP contribution in [0, 0.1) is 0 Å². The number of allylic oxidation sites excluding steroid dienone is 16. The molecule has 0 saturated heterocycles. The van der Waals surface area contributed by atoms with Gasteiger partial charge in [0, 0.05) is 19.3 Å². The van der Waals surface area contributed by atoms with Crippen molar-refractivity contribution in [1.82, 2.24) is 0 Å². The molecule has 0 radical (unpaired) electrons. The highest BCUT2D eigenvalue weighted by Gasteiger charge is 2.19. The molecule has 1 unspecified atom stereocenters. The standard InChI is InChI=1S/C77H134O6/c1-4-7-10-13-16-19-22-25-28-30-31-32-33-34-35-36-37-38-39-40-41-42-43-44-45-46-47-48-50-52-55-58-61-64-67-70-76(79)82-73-74(72-81-75(78)69-66-63-60-57-54-51-27-24-21-18-15-12-9-6-3)83-77(80)71-68-65-62-59-56-53-49-29-26-23-20-17-14-11-8-5-2/h7,10,15-16,18-20,23-25,27-29,31-32,49,74H,4-6,8-9,11-14,17,21-22,26,30,33-48,50-73H2,1-3H3/b10-7-,18-15-,19-16-,23-20-,27-24-,28-25-,32-31-,49-29-. The molecule has 83 heavy (non-hydrogen) atoms. The van der Waals surface area contributed by atoms with Gasteiger partial charge in [0.1, 0.15) is 13.2 Å². The van der Waals surface area contributed by atoms with Crippen molar-refractivity contribution in [1.29, 1.82) is 0 Å². The van der Waals surface area contributed by atoms with Crippen molar-refractivity contribution in [2.45, 2.75) is 361 Å². The Kier molecular flexibility index (Phi) is 67.7. The lowest BCUT2D eigenvalue weighted by atomic mass is 10.0. The number of rotatable bonds is 65. The Morgan fingerprint density at radius 1 is 0.253 bits per heavy atom. The molecule has 0 spiro atoms. The third-order valence-electron chi connectivity index (χ3n) is 15.5. The molecule has 0 fully saturated rings. The summed E-state index contributed by atoms with van der Waals surface area (Å²) in [7, 11) is 0. The minimum atomic E-state index is -0.790. The number of hydrogen-bond acceptors (Lipinski definition) is 6. The molecule has 0 aromatic carbocycles. The number of carbonyl (C=O) groups is 3. The highest BCUT2D eigenvalue weighted by Crippen LogP contribution is 2.18. The number of ether oxygens (including phenoxy) is 3. The van der Waals surface area contributed by atoms with E-state index in [4.69, 9.17) is 14.2 Å². The van der Waals surface area contributed by atoms with Crippen LogP contribution < -0.4 is 0 Å². The van der Waals surface area contributed by atoms with E-state index in [1.54, 1.807) is 0 Å². The van der Waals surface area contributed by atoms with E-state index in [2.05, 4.69) is 118 Å². The predicted octanol–water partition coefficient (Wildman–Crippen LogP) is 24.8. The Bertz CT molecular complexity index is 1610. The maximum atomic E-state index is 12.9. The molecule has 0 amide bonds. The first kappa shape index (κ1) is 79.3. The fraction of sp³-hybridized carbons (Fsp3) is 0.753. The van der Waals surface area contributed by atoms with Crippen molar-refractivity contribution in [2.75, 3.05) is 13.2 Å². The lowest BCUT2D eigenvalue weighted by Crippen LogP contribution is -2.30. The Morgan fingerprint density at radius 2 is 0.482 bits per heavy atom. The first-order valence-corrected chi connectivity index (χ1v) is 35.7. The van der Waals surface area contributed by atoms with Gasteiger partial charge in [0.2, 0.25) is 0 Å². The van der Waals surface area contributed by atoms with Crippen molar-refractivity contribution in [2.24, 2.45) is 0 Å². The van der Waals surface area contributed by atoms with Crippen LogP contribution in [-0.2, 0) is 28.6 Å². The quantitative estimate of drug-likeness (QED) is 0.0261. The molecular formula is C77H134O6. The zero-order chi connectivity index (χ0) is 59.9. The Morgan fingerprint density at radius 3 is 0.771 bits per heavy atom. The van der Waals surface area contributed by atoms with Gasteiger partial charge < -0.3 is 14.2 Å². The zero-order valence-electron chi connectivity index (χ0n) is 54.9. The number of hydrogen-bond donors (Lipinski definition) is 0. The van der Waals surface area contributed by atoms with Crippen molar-refractivity contribution in [3.05, 3.63) is 97.2 Å². The van der Waals surface area contributed by atoms with Crippen molar-refractivity contribution in [3.63, 3.8) is 0 Å². The summed E-state index contributed by atoms with van der Waals surface area (Å²) >= 11 is 0. The summed E-state index contributed by atoms with van der Waals surface area (Å²) in [5.74, 6) is -0.896. The third-order valence-corrected chi connectivity index (χ3v) is 15.5. The van der Waals surface area contributed by atoms with Crippen LogP contribution in [0.5, 0.6) is 0 Å². The molecule has 0 aromatic heterocycles. The van der Waals surface area contributed by atoms with Gasteiger partial charge in [-0.1, -0.05) is 317 Å². The second-order valence-electron chi connectivity index (χ2n) is 23.8. The van der Waals surface area contributed by atoms with Crippen molar-refractivity contribution < 1.29 is 28.6 Å². The van der Waals surface area contributed by atoms with Crippen LogP contribution >= 0.6 is 0 Å². The topological polar surface area (TPSA) is 78.9 Å². The molecule has 6 heteroatoms. The van der Waals surface area contributed by atoms with Gasteiger partial charge in [-0.3, -0.25) is 14.4 Å². The Hall–Kier alpha value is -3.67. The Labute approximate surface area is 515 Å². The van der Waals surface area contributed by atoms with E-state index in [9.17, 15) is 14.4 Å². The summed E-state index contributed by atoms with van der Waals surface area (Å²) in [6, 6.07) is 0. The first-order chi connectivity index (χ1) is 41.0. The molecule has 0 heterocycles. The highest BCUT2D eigenvalue weighted by atomic mass is 16.6. The summed E-state index contributed by atoms with van der Waals surface area (Å²) in [5, 5.41) is 0. The Balaban J connectivity index is 4.13. The second-order valence-corrected chi connectivity index (χ2v) is 23.8. The van der Waals surface area contributed by atoms with Gasteiger partial charge in [0.05, 0.1) is 0 Å². The van der Waals surface area contributed by atoms with Gasteiger partial charge in [-0.15, -0.1) is 0 Å². The van der Waals surface area contributed by atoms with E-state index in [1.165, 1.54) is 186 Å². The van der Waals surface area contributed by atoms with E-state index in [0.29, 0.717) is 19.3 Å². The van der Waals surface area contributed by atoms with E-state index in [1.807, 2.05) is 0 Å². The lowest BCUT2D eigenvalue weighted by Gasteiger charge is -2.18. The third kappa shape index (κ3) is 69.0. The molecule has 0 rings (SSSR count). The maximum absolute atomic E-state index is 12.9. The number of unbranched alkanes of at least 4 members (excludes halogenated alkanes) is 38. The van der Waals surface area contributed by atoms with E-state index in [-0.39, 0.29) is 31.1 Å².